The second-order valence-electron chi connectivity index (χ2n) is 7.33. The van der Waals surface area contributed by atoms with Crippen LogP contribution in [0.4, 0.5) is 16.2 Å². The highest BCUT2D eigenvalue weighted by molar-refractivity contribution is 7.17. The number of halogens is 1. The zero-order valence-corrected chi connectivity index (χ0v) is 17.9. The maximum absolute atomic E-state index is 12.4. The maximum Gasteiger partial charge on any atom is 0.412 e. The van der Waals surface area contributed by atoms with Gasteiger partial charge in [0.15, 0.2) is 0 Å². The largest absolute Gasteiger partial charge is 0.444 e. The minimum atomic E-state index is -0.552. The minimum Gasteiger partial charge on any atom is -0.444 e. The van der Waals surface area contributed by atoms with Crippen molar-refractivity contribution in [2.24, 2.45) is 0 Å². The van der Waals surface area contributed by atoms with E-state index in [0.29, 0.717) is 21.3 Å². The summed E-state index contributed by atoms with van der Waals surface area (Å²) in [5.74, 6) is -0.174. The maximum atomic E-state index is 12.4. The fourth-order valence-corrected chi connectivity index (χ4v) is 3.51. The van der Waals surface area contributed by atoms with E-state index in [0.717, 1.165) is 10.4 Å². The van der Waals surface area contributed by atoms with Crippen molar-refractivity contribution in [3.8, 4) is 10.4 Å². The Balaban J connectivity index is 1.64. The number of thiophene rings is 1. The van der Waals surface area contributed by atoms with Gasteiger partial charge in [-0.1, -0.05) is 23.7 Å². The lowest BCUT2D eigenvalue weighted by Crippen LogP contribution is -2.27. The van der Waals surface area contributed by atoms with E-state index in [1.54, 1.807) is 42.5 Å². The summed E-state index contributed by atoms with van der Waals surface area (Å²) >= 11 is 7.26. The second-order valence-corrected chi connectivity index (χ2v) is 8.85. The number of anilines is 2. The molecule has 0 radical (unpaired) electrons. The first-order valence-corrected chi connectivity index (χ1v) is 10.2. The molecule has 3 aromatic rings. The highest BCUT2D eigenvalue weighted by Crippen LogP contribution is 2.29. The minimum absolute atomic E-state index is 0.174. The Morgan fingerprint density at radius 3 is 2.07 bits per heavy atom. The van der Waals surface area contributed by atoms with Gasteiger partial charge in [-0.15, -0.1) is 11.3 Å². The Labute approximate surface area is 178 Å². The first-order chi connectivity index (χ1) is 13.7. The smallest absolute Gasteiger partial charge is 0.412 e. The van der Waals surface area contributed by atoms with Crippen LogP contribution < -0.4 is 10.6 Å². The molecule has 0 atom stereocenters. The molecule has 3 rings (SSSR count). The van der Waals surface area contributed by atoms with Crippen LogP contribution in [-0.2, 0) is 4.74 Å². The number of carbonyl (C=O) groups excluding carboxylic acids is 2. The van der Waals surface area contributed by atoms with E-state index in [4.69, 9.17) is 16.3 Å². The monoisotopic (exact) mass is 428 g/mol. The molecule has 2 N–H and O–H groups in total. The molecule has 150 valence electrons. The van der Waals surface area contributed by atoms with Crippen molar-refractivity contribution in [3.05, 3.63) is 70.6 Å². The van der Waals surface area contributed by atoms with Gasteiger partial charge in [-0.2, -0.15) is 0 Å². The van der Waals surface area contributed by atoms with E-state index in [2.05, 4.69) is 10.6 Å². The lowest BCUT2D eigenvalue weighted by molar-refractivity contribution is 0.0635. The highest BCUT2D eigenvalue weighted by atomic mass is 35.5. The molecule has 0 unspecified atom stereocenters. The van der Waals surface area contributed by atoms with Crippen molar-refractivity contribution in [1.29, 1.82) is 0 Å². The SMILES string of the molecule is CC(C)(C)OC(=O)Nc1ccc(-c2ccc(C(=O)Nc3ccc(Cl)cc3)s2)cc1. The quantitative estimate of drug-likeness (QED) is 0.487. The molecule has 0 spiro atoms. The molecule has 1 heterocycles. The molecular weight excluding hydrogens is 408 g/mol. The highest BCUT2D eigenvalue weighted by Gasteiger charge is 2.16. The lowest BCUT2D eigenvalue weighted by Gasteiger charge is -2.19. The average molecular weight is 429 g/mol. The molecule has 29 heavy (non-hydrogen) atoms. The Morgan fingerprint density at radius 2 is 1.45 bits per heavy atom. The van der Waals surface area contributed by atoms with Crippen LogP contribution in [0.5, 0.6) is 0 Å². The molecule has 5 nitrogen and oxygen atoms in total. The average Bonchev–Trinajstić information content (AvgIpc) is 3.13. The van der Waals surface area contributed by atoms with Crippen molar-refractivity contribution in [3.63, 3.8) is 0 Å². The van der Waals surface area contributed by atoms with E-state index in [1.807, 2.05) is 39.0 Å². The summed E-state index contributed by atoms with van der Waals surface area (Å²) in [6, 6.07) is 18.0. The van der Waals surface area contributed by atoms with E-state index >= 15 is 0 Å². The zero-order valence-electron chi connectivity index (χ0n) is 16.3. The van der Waals surface area contributed by atoms with Crippen molar-refractivity contribution in [2.45, 2.75) is 26.4 Å². The normalized spacial score (nSPS) is 11.0. The molecule has 1 aromatic heterocycles. The van der Waals surface area contributed by atoms with Gasteiger partial charge in [0.05, 0.1) is 4.88 Å². The first-order valence-electron chi connectivity index (χ1n) is 8.97. The van der Waals surface area contributed by atoms with Gasteiger partial charge in [-0.25, -0.2) is 4.79 Å². The van der Waals surface area contributed by atoms with Crippen molar-refractivity contribution in [1.82, 2.24) is 0 Å². The van der Waals surface area contributed by atoms with Crippen molar-refractivity contribution in [2.75, 3.05) is 10.6 Å². The van der Waals surface area contributed by atoms with E-state index in [9.17, 15) is 9.59 Å². The Kier molecular flexibility index (Phi) is 6.25. The van der Waals surface area contributed by atoms with Gasteiger partial charge in [0, 0.05) is 21.3 Å². The molecule has 0 saturated carbocycles. The molecule has 0 fully saturated rings. The standard InChI is InChI=1S/C22H21ClN2O3S/c1-22(2,3)28-21(27)25-17-8-4-14(5-9-17)18-12-13-19(29-18)20(26)24-16-10-6-15(23)7-11-16/h4-13H,1-3H3,(H,24,26)(H,25,27). The van der Waals surface area contributed by atoms with E-state index in [1.165, 1.54) is 11.3 Å². The van der Waals surface area contributed by atoms with Gasteiger partial charge in [0.1, 0.15) is 5.60 Å². The van der Waals surface area contributed by atoms with E-state index in [-0.39, 0.29) is 5.91 Å². The molecule has 7 heteroatoms. The zero-order chi connectivity index (χ0) is 21.0. The number of carbonyl (C=O) groups is 2. The third-order valence-electron chi connectivity index (χ3n) is 3.75. The fraction of sp³-hybridized carbons (Fsp3) is 0.182. The molecule has 0 aliphatic heterocycles. The Morgan fingerprint density at radius 1 is 0.862 bits per heavy atom. The number of amides is 2. The third-order valence-corrected chi connectivity index (χ3v) is 5.13. The van der Waals surface area contributed by atoms with Gasteiger partial charge in [0.2, 0.25) is 0 Å². The molecule has 0 bridgehead atoms. The van der Waals surface area contributed by atoms with Gasteiger partial charge >= 0.3 is 6.09 Å². The second kappa shape index (κ2) is 8.68. The number of hydrogen-bond donors (Lipinski definition) is 2. The van der Waals surface area contributed by atoms with Gasteiger partial charge in [-0.05, 0) is 74.9 Å². The summed E-state index contributed by atoms with van der Waals surface area (Å²) in [4.78, 5) is 25.8. The summed E-state index contributed by atoms with van der Waals surface area (Å²) in [5, 5.41) is 6.17. The van der Waals surface area contributed by atoms with Crippen LogP contribution in [-0.4, -0.2) is 17.6 Å². The first kappa shape index (κ1) is 20.9. The van der Waals surface area contributed by atoms with E-state index < -0.39 is 11.7 Å². The number of nitrogens with one attached hydrogen (secondary N) is 2. The lowest BCUT2D eigenvalue weighted by atomic mass is 10.2. The van der Waals surface area contributed by atoms with Gasteiger partial charge < -0.3 is 10.1 Å². The topological polar surface area (TPSA) is 67.4 Å². The summed E-state index contributed by atoms with van der Waals surface area (Å²) in [7, 11) is 0. The molecule has 2 aromatic carbocycles. The Hall–Kier alpha value is -2.83. The molecule has 0 aliphatic carbocycles. The summed E-state index contributed by atoms with van der Waals surface area (Å²) in [5.41, 5.74) is 1.73. The predicted molar refractivity (Wildman–Crippen MR) is 119 cm³/mol. The number of ether oxygens (including phenoxy) is 1. The molecule has 0 saturated heterocycles. The van der Waals surface area contributed by atoms with Crippen LogP contribution in [0.1, 0.15) is 30.4 Å². The Bertz CT molecular complexity index is 1010. The number of rotatable bonds is 4. The number of hydrogen-bond acceptors (Lipinski definition) is 4. The molecule has 2 amide bonds. The van der Waals surface area contributed by atoms with Gasteiger partial charge in [0.25, 0.3) is 5.91 Å². The summed E-state index contributed by atoms with van der Waals surface area (Å²) in [6.07, 6.45) is -0.498. The number of benzene rings is 2. The van der Waals surface area contributed by atoms with Crippen LogP contribution >= 0.6 is 22.9 Å². The summed E-state index contributed by atoms with van der Waals surface area (Å²) < 4.78 is 5.24. The fourth-order valence-electron chi connectivity index (χ4n) is 2.48. The molecule has 0 aliphatic rings. The van der Waals surface area contributed by atoms with Crippen molar-refractivity contribution >= 4 is 46.3 Å². The van der Waals surface area contributed by atoms with Crippen LogP contribution in [0.3, 0.4) is 0 Å². The van der Waals surface area contributed by atoms with Crippen LogP contribution in [0, 0.1) is 0 Å². The van der Waals surface area contributed by atoms with Crippen LogP contribution in [0.25, 0.3) is 10.4 Å². The third kappa shape index (κ3) is 6.07. The van der Waals surface area contributed by atoms with Crippen LogP contribution in [0.2, 0.25) is 5.02 Å². The van der Waals surface area contributed by atoms with Crippen LogP contribution in [0.15, 0.2) is 60.7 Å². The van der Waals surface area contributed by atoms with Gasteiger partial charge in [-0.3, -0.25) is 10.1 Å². The van der Waals surface area contributed by atoms with Crippen molar-refractivity contribution < 1.29 is 14.3 Å². The summed E-state index contributed by atoms with van der Waals surface area (Å²) in [6.45, 7) is 5.44. The predicted octanol–water partition coefficient (Wildman–Crippen LogP) is 6.67. The molecular formula is C22H21ClN2O3S.